The van der Waals surface area contributed by atoms with Crippen molar-refractivity contribution in [3.05, 3.63) is 70.8 Å². The first kappa shape index (κ1) is 49.2. The minimum Gasteiger partial charge on any atom is -0.251 e. The van der Waals surface area contributed by atoms with E-state index in [1.807, 2.05) is 0 Å². The van der Waals surface area contributed by atoms with Crippen LogP contribution in [0.4, 0.5) is 11.4 Å². The molecule has 53 heavy (non-hydrogen) atoms. The molecule has 0 aliphatic carbocycles. The number of hydrogen-bond acceptors (Lipinski definition) is 2. The zero-order valence-electron chi connectivity index (χ0n) is 35.6. The van der Waals surface area contributed by atoms with Gasteiger partial charge in [0.05, 0.1) is 22.8 Å². The molecule has 0 atom stereocenters. The second kappa shape index (κ2) is 33.5. The molecule has 2 aromatic rings. The van der Waals surface area contributed by atoms with Crippen LogP contribution in [0.1, 0.15) is 216 Å². The Hall–Kier alpha value is -1.82. The summed E-state index contributed by atoms with van der Waals surface area (Å²) < 4.78 is 0. The van der Waals surface area contributed by atoms with Crippen LogP contribution in [-0.2, 0) is 20.4 Å². The van der Waals surface area contributed by atoms with Gasteiger partial charge in [0, 0.05) is 20.4 Å². The molecule has 0 aromatic heterocycles. The van der Waals surface area contributed by atoms with Gasteiger partial charge in [0.1, 0.15) is 0 Å². The molecule has 302 valence electrons. The number of aryl methyl sites for hydroxylation is 4. The molecule has 0 aliphatic rings. The third-order valence-corrected chi connectivity index (χ3v) is 11.1. The zero-order valence-corrected chi connectivity index (χ0v) is 37.2. The monoisotopic (exact) mass is 817 g/mol. The van der Waals surface area contributed by atoms with Crippen LogP contribution in [0.3, 0.4) is 0 Å². The Morgan fingerprint density at radius 2 is 0.792 bits per heavy atom. The average molecular weight is 818 g/mol. The van der Waals surface area contributed by atoms with Crippen LogP contribution in [-0.4, -0.2) is 11.4 Å². The molecule has 0 amide bonds. The van der Waals surface area contributed by atoms with Crippen molar-refractivity contribution < 1.29 is 20.4 Å². The van der Waals surface area contributed by atoms with E-state index in [1.54, 1.807) is 0 Å². The number of nitrogens with zero attached hydrogens (tertiary/aromatic N) is 2. The van der Waals surface area contributed by atoms with E-state index < -0.39 is 0 Å². The third kappa shape index (κ3) is 25.1. The molecule has 2 aromatic carbocycles. The number of aliphatic imine (C=N–C) groups is 2. The molecule has 0 saturated carbocycles. The maximum Gasteiger partial charge on any atom is 0.0848 e. The van der Waals surface area contributed by atoms with Gasteiger partial charge >= 0.3 is 0 Å². The summed E-state index contributed by atoms with van der Waals surface area (Å²) in [6, 6.07) is 13.1. The standard InChI is InChI=1S/C50H82N2.Pd/c1-7-9-11-12-13-14-15-16-17-18-19-20-21-22-23-24-25-26-27-28-29-30-31-32-33-34-36-50(52-48-40-38-44(4)46(6)42-48)49(35-10-8-2)51-47-39-37-43(3)45(5)41-47;/h34,36-42H,7-33,35H2,1-6H3;. The molecule has 3 heteroatoms. The first-order chi connectivity index (χ1) is 25.4. The van der Waals surface area contributed by atoms with Gasteiger partial charge in [-0.05, 0) is 106 Å². The summed E-state index contributed by atoms with van der Waals surface area (Å²) in [4.78, 5) is 10.4. The molecular formula is C50H82N2Pd. The molecule has 0 spiro atoms. The van der Waals surface area contributed by atoms with Crippen molar-refractivity contribution in [3.63, 3.8) is 0 Å². The van der Waals surface area contributed by atoms with Crippen LogP contribution in [0, 0.1) is 27.7 Å². The molecule has 0 bridgehead atoms. The van der Waals surface area contributed by atoms with Crippen LogP contribution in [0.25, 0.3) is 0 Å². The molecule has 0 saturated heterocycles. The fraction of sp³-hybridized carbons (Fsp3) is 0.680. The van der Waals surface area contributed by atoms with Crippen molar-refractivity contribution in [2.45, 2.75) is 221 Å². The third-order valence-electron chi connectivity index (χ3n) is 11.1. The summed E-state index contributed by atoms with van der Waals surface area (Å²) in [6.45, 7) is 13.2. The number of benzene rings is 2. The van der Waals surface area contributed by atoms with Gasteiger partial charge in [0.2, 0.25) is 0 Å². The van der Waals surface area contributed by atoms with Crippen molar-refractivity contribution in [2.24, 2.45) is 9.98 Å². The summed E-state index contributed by atoms with van der Waals surface area (Å²) >= 11 is 0. The van der Waals surface area contributed by atoms with E-state index in [2.05, 4.69) is 90.1 Å². The van der Waals surface area contributed by atoms with Gasteiger partial charge in [-0.2, -0.15) is 0 Å². The number of unbranched alkanes of at least 4 members (excludes halogenated alkanes) is 25. The van der Waals surface area contributed by atoms with E-state index in [-0.39, 0.29) is 20.4 Å². The first-order valence-corrected chi connectivity index (χ1v) is 22.4. The first-order valence-electron chi connectivity index (χ1n) is 22.4. The maximum atomic E-state index is 5.18. The molecule has 0 heterocycles. The Kier molecular flexibility index (Phi) is 31.1. The van der Waals surface area contributed by atoms with Gasteiger partial charge in [-0.25, -0.2) is 4.99 Å². The van der Waals surface area contributed by atoms with Gasteiger partial charge in [-0.1, -0.05) is 186 Å². The molecule has 0 N–H and O–H groups in total. The maximum absolute atomic E-state index is 5.18. The molecule has 2 nitrogen and oxygen atoms in total. The Morgan fingerprint density at radius 3 is 1.17 bits per heavy atom. The minimum absolute atomic E-state index is 0. The Bertz CT molecular complexity index is 1270. The Balaban J connectivity index is 0.0000140. The topological polar surface area (TPSA) is 24.7 Å². The predicted molar refractivity (Wildman–Crippen MR) is 236 cm³/mol. The molecule has 0 unspecified atom stereocenters. The fourth-order valence-electron chi connectivity index (χ4n) is 7.09. The number of hydrogen-bond donors (Lipinski definition) is 0. The van der Waals surface area contributed by atoms with Gasteiger partial charge in [0.15, 0.2) is 0 Å². The Morgan fingerprint density at radius 1 is 0.434 bits per heavy atom. The van der Waals surface area contributed by atoms with E-state index in [4.69, 9.17) is 9.98 Å². The zero-order chi connectivity index (χ0) is 37.5. The largest absolute Gasteiger partial charge is 0.251 e. The summed E-state index contributed by atoms with van der Waals surface area (Å²) in [5, 5.41) is 0. The van der Waals surface area contributed by atoms with E-state index in [0.29, 0.717) is 0 Å². The second-order valence-electron chi connectivity index (χ2n) is 16.0. The van der Waals surface area contributed by atoms with Crippen LogP contribution in [0.5, 0.6) is 0 Å². The quantitative estimate of drug-likeness (QED) is 0.0399. The van der Waals surface area contributed by atoms with Gasteiger partial charge < -0.3 is 0 Å². The summed E-state index contributed by atoms with van der Waals surface area (Å²) in [5.74, 6) is 0. The van der Waals surface area contributed by atoms with Crippen molar-refractivity contribution in [2.75, 3.05) is 0 Å². The molecule has 2 rings (SSSR count). The summed E-state index contributed by atoms with van der Waals surface area (Å²) in [7, 11) is 0. The number of rotatable bonds is 32. The fourth-order valence-corrected chi connectivity index (χ4v) is 7.09. The molecule has 0 aliphatic heterocycles. The molecule has 0 radical (unpaired) electrons. The van der Waals surface area contributed by atoms with Crippen LogP contribution in [0.15, 0.2) is 58.5 Å². The Labute approximate surface area is 343 Å². The minimum atomic E-state index is 0. The molecule has 0 fully saturated rings. The average Bonchev–Trinajstić information content (AvgIpc) is 3.14. The second-order valence-corrected chi connectivity index (χ2v) is 16.0. The SMILES string of the molecule is CCCCCCCCCCCCCCCCCCCCCCCCCCC=CC(=Nc1ccc(C)c(C)c1)C(CCCC)=Nc1ccc(C)c(C)c1.[Pd]. The smallest absolute Gasteiger partial charge is 0.0848 e. The van der Waals surface area contributed by atoms with Crippen molar-refractivity contribution in [3.8, 4) is 0 Å². The van der Waals surface area contributed by atoms with Crippen molar-refractivity contribution in [1.82, 2.24) is 0 Å². The van der Waals surface area contributed by atoms with E-state index in [0.717, 1.165) is 48.5 Å². The van der Waals surface area contributed by atoms with Crippen LogP contribution < -0.4 is 0 Å². The van der Waals surface area contributed by atoms with Gasteiger partial charge in [-0.3, -0.25) is 4.99 Å². The van der Waals surface area contributed by atoms with Crippen molar-refractivity contribution in [1.29, 1.82) is 0 Å². The summed E-state index contributed by atoms with van der Waals surface area (Å²) in [5.41, 5.74) is 9.34. The van der Waals surface area contributed by atoms with Crippen molar-refractivity contribution >= 4 is 22.8 Å². The predicted octanol–water partition coefficient (Wildman–Crippen LogP) is 17.3. The van der Waals surface area contributed by atoms with E-state index >= 15 is 0 Å². The van der Waals surface area contributed by atoms with Gasteiger partial charge in [-0.15, -0.1) is 0 Å². The van der Waals surface area contributed by atoms with Gasteiger partial charge in [0.25, 0.3) is 0 Å². The normalized spacial score (nSPS) is 12.2. The summed E-state index contributed by atoms with van der Waals surface area (Å²) in [6.07, 6.45) is 43.3. The van der Waals surface area contributed by atoms with E-state index in [9.17, 15) is 0 Å². The van der Waals surface area contributed by atoms with Crippen LogP contribution >= 0.6 is 0 Å². The number of allylic oxidation sites excluding steroid dienone is 2. The van der Waals surface area contributed by atoms with Crippen LogP contribution in [0.2, 0.25) is 0 Å². The van der Waals surface area contributed by atoms with E-state index in [1.165, 1.54) is 176 Å². The molecular weight excluding hydrogens is 735 g/mol.